The van der Waals surface area contributed by atoms with Crippen LogP contribution in [-0.4, -0.2) is 105 Å². The minimum absolute atomic E-state index is 0.124. The maximum atomic E-state index is 13.5. The average Bonchev–Trinajstić information content (AvgIpc) is 3.54. The van der Waals surface area contributed by atoms with Gasteiger partial charge in [-0.25, -0.2) is 0 Å². The molecule has 0 unspecified atom stereocenters. The number of piperazine rings is 1. The predicted molar refractivity (Wildman–Crippen MR) is 221 cm³/mol. The quantitative estimate of drug-likeness (QED) is 0.267. The Morgan fingerprint density at radius 3 is 2.29 bits per heavy atom. The van der Waals surface area contributed by atoms with E-state index in [1.165, 1.54) is 5.69 Å². The van der Waals surface area contributed by atoms with Crippen LogP contribution in [-0.2, 0) is 9.59 Å². The monoisotopic (exact) mass is 776 g/mol. The number of carbonyl (C=O) groups excluding carboxylic acids is 3. The van der Waals surface area contributed by atoms with E-state index < -0.39 is 0 Å². The van der Waals surface area contributed by atoms with Crippen LogP contribution in [0.3, 0.4) is 0 Å². The van der Waals surface area contributed by atoms with Crippen molar-refractivity contribution in [3.8, 4) is 6.07 Å². The highest BCUT2D eigenvalue weighted by atomic mass is 35.5. The zero-order valence-electron chi connectivity index (χ0n) is 32.4. The number of nitrogens with zero attached hydrogens (tertiary/aromatic N) is 6. The van der Waals surface area contributed by atoms with Crippen LogP contribution in [0.25, 0.3) is 0 Å². The second-order valence-corrected chi connectivity index (χ2v) is 17.1. The van der Waals surface area contributed by atoms with E-state index in [1.807, 2.05) is 47.4 Å². The van der Waals surface area contributed by atoms with Gasteiger partial charge in [0.25, 0.3) is 5.91 Å². The average molecular weight is 777 g/mol. The van der Waals surface area contributed by atoms with Crippen LogP contribution >= 0.6 is 11.6 Å². The van der Waals surface area contributed by atoms with E-state index in [0.29, 0.717) is 35.4 Å². The number of anilines is 4. The maximum absolute atomic E-state index is 13.5. The standard InChI is InChI=1S/C44H53ClN8O3/c1-31-27-44(30-53(31)38-10-7-34(28-46)39(45)26-38)15-19-51(20-16-44)36-8-5-33(6-9-36)43(56)52-23-21-49(22-24-52)29-32-13-17-50(18-14-32)37-4-2-3-35(25-37)47-40-11-12-41(54)48-42(40)55/h2-10,25-26,31-32,40,47H,11-24,27,29-30H2,1H3,(H,48,54,55)/t31-,40-/m1/s1. The molecule has 294 valence electrons. The van der Waals surface area contributed by atoms with Gasteiger partial charge in [0.2, 0.25) is 11.8 Å². The lowest BCUT2D eigenvalue weighted by Gasteiger charge is -2.40. The van der Waals surface area contributed by atoms with Crippen molar-refractivity contribution in [2.75, 3.05) is 85.5 Å². The summed E-state index contributed by atoms with van der Waals surface area (Å²) >= 11 is 6.38. The smallest absolute Gasteiger partial charge is 0.253 e. The number of hydrogen-bond acceptors (Lipinski definition) is 9. The Labute approximate surface area is 335 Å². The number of piperidine rings is 3. The van der Waals surface area contributed by atoms with Crippen molar-refractivity contribution >= 4 is 52.1 Å². The van der Waals surface area contributed by atoms with Crippen molar-refractivity contribution in [2.24, 2.45) is 11.3 Å². The fourth-order valence-electron chi connectivity index (χ4n) is 9.73. The minimum Gasteiger partial charge on any atom is -0.374 e. The first-order chi connectivity index (χ1) is 27.1. The molecule has 11 nitrogen and oxygen atoms in total. The Kier molecular flexibility index (Phi) is 11.1. The molecule has 0 aliphatic carbocycles. The minimum atomic E-state index is -0.387. The molecule has 12 heteroatoms. The summed E-state index contributed by atoms with van der Waals surface area (Å²) in [7, 11) is 0. The molecular formula is C44H53ClN8O3. The Balaban J connectivity index is 0.762. The predicted octanol–water partition coefficient (Wildman–Crippen LogP) is 5.99. The van der Waals surface area contributed by atoms with E-state index in [9.17, 15) is 19.6 Å². The molecule has 5 saturated heterocycles. The lowest BCUT2D eigenvalue weighted by Crippen LogP contribution is -2.50. The molecule has 3 aromatic rings. The molecular weight excluding hydrogens is 724 g/mol. The Morgan fingerprint density at radius 1 is 0.875 bits per heavy atom. The summed E-state index contributed by atoms with van der Waals surface area (Å²) in [6.07, 6.45) is 6.53. The number of benzene rings is 3. The Hall–Kier alpha value is -4.79. The normalized spacial score (nSPS) is 23.3. The van der Waals surface area contributed by atoms with Gasteiger partial charge in [0.05, 0.1) is 10.6 Å². The van der Waals surface area contributed by atoms with Gasteiger partial charge in [0.15, 0.2) is 0 Å². The highest BCUT2D eigenvalue weighted by Crippen LogP contribution is 2.46. The molecule has 5 heterocycles. The number of nitriles is 1. The number of nitrogens with one attached hydrogen (secondary N) is 2. The van der Waals surface area contributed by atoms with Gasteiger partial charge >= 0.3 is 0 Å². The summed E-state index contributed by atoms with van der Waals surface area (Å²) in [5, 5.41) is 15.5. The molecule has 0 saturated carbocycles. The fraction of sp³-hybridized carbons (Fsp3) is 0.500. The van der Waals surface area contributed by atoms with Crippen LogP contribution in [0.5, 0.6) is 0 Å². The first-order valence-corrected chi connectivity index (χ1v) is 20.8. The summed E-state index contributed by atoms with van der Waals surface area (Å²) in [5.74, 6) is 0.299. The summed E-state index contributed by atoms with van der Waals surface area (Å²) in [4.78, 5) is 49.2. The summed E-state index contributed by atoms with van der Waals surface area (Å²) in [6, 6.07) is 24.5. The third-order valence-corrected chi connectivity index (χ3v) is 13.4. The highest BCUT2D eigenvalue weighted by Gasteiger charge is 2.44. The van der Waals surface area contributed by atoms with E-state index in [-0.39, 0.29) is 29.2 Å². The fourth-order valence-corrected chi connectivity index (χ4v) is 9.95. The molecule has 3 amide bonds. The molecule has 5 fully saturated rings. The van der Waals surface area contributed by atoms with Crippen molar-refractivity contribution in [1.82, 2.24) is 15.1 Å². The molecule has 0 aromatic heterocycles. The van der Waals surface area contributed by atoms with Gasteiger partial charge in [-0.2, -0.15) is 5.26 Å². The number of hydrogen-bond donors (Lipinski definition) is 2. The second kappa shape index (κ2) is 16.4. The van der Waals surface area contributed by atoms with Gasteiger partial charge in [0, 0.05) is 106 Å². The van der Waals surface area contributed by atoms with Crippen molar-refractivity contribution in [1.29, 1.82) is 5.26 Å². The van der Waals surface area contributed by atoms with E-state index in [2.05, 4.69) is 67.5 Å². The van der Waals surface area contributed by atoms with Gasteiger partial charge in [0.1, 0.15) is 12.1 Å². The highest BCUT2D eigenvalue weighted by molar-refractivity contribution is 6.32. The number of carbonyl (C=O) groups is 3. The van der Waals surface area contributed by atoms with Crippen LogP contribution < -0.4 is 25.3 Å². The number of rotatable bonds is 8. The number of amides is 3. The summed E-state index contributed by atoms with van der Waals surface area (Å²) in [6.45, 7) is 11.7. The zero-order chi connectivity index (χ0) is 38.8. The van der Waals surface area contributed by atoms with Gasteiger partial charge < -0.3 is 24.9 Å². The molecule has 8 rings (SSSR count). The molecule has 2 atom stereocenters. The summed E-state index contributed by atoms with van der Waals surface area (Å²) < 4.78 is 0. The number of halogens is 1. The van der Waals surface area contributed by atoms with Gasteiger partial charge in [-0.3, -0.25) is 24.6 Å². The van der Waals surface area contributed by atoms with Gasteiger partial charge in [-0.15, -0.1) is 0 Å². The van der Waals surface area contributed by atoms with E-state index in [1.54, 1.807) is 0 Å². The van der Waals surface area contributed by atoms with Crippen molar-refractivity contribution in [3.05, 3.63) is 82.9 Å². The van der Waals surface area contributed by atoms with Crippen molar-refractivity contribution in [3.63, 3.8) is 0 Å². The van der Waals surface area contributed by atoms with E-state index in [4.69, 9.17) is 11.6 Å². The van der Waals surface area contributed by atoms with Crippen LogP contribution in [0.4, 0.5) is 22.7 Å². The summed E-state index contributed by atoms with van der Waals surface area (Å²) in [5.41, 5.74) is 5.90. The lowest BCUT2D eigenvalue weighted by atomic mass is 9.76. The first kappa shape index (κ1) is 38.1. The Morgan fingerprint density at radius 2 is 1.59 bits per heavy atom. The Bertz CT molecular complexity index is 1960. The van der Waals surface area contributed by atoms with E-state index >= 15 is 0 Å². The first-order valence-electron chi connectivity index (χ1n) is 20.4. The van der Waals surface area contributed by atoms with Crippen LogP contribution in [0.2, 0.25) is 5.02 Å². The molecule has 0 radical (unpaired) electrons. The molecule has 0 bridgehead atoms. The second-order valence-electron chi connectivity index (χ2n) is 16.7. The topological polar surface area (TPSA) is 115 Å². The molecule has 5 aliphatic heterocycles. The largest absolute Gasteiger partial charge is 0.374 e. The third kappa shape index (κ3) is 8.33. The molecule has 56 heavy (non-hydrogen) atoms. The van der Waals surface area contributed by atoms with Crippen LogP contribution in [0, 0.1) is 22.7 Å². The van der Waals surface area contributed by atoms with E-state index in [0.717, 1.165) is 120 Å². The van der Waals surface area contributed by atoms with Gasteiger partial charge in [-0.05, 0) is 117 Å². The zero-order valence-corrected chi connectivity index (χ0v) is 33.1. The van der Waals surface area contributed by atoms with Crippen molar-refractivity contribution in [2.45, 2.75) is 64.0 Å². The lowest BCUT2D eigenvalue weighted by molar-refractivity contribution is -0.133. The van der Waals surface area contributed by atoms with Crippen LogP contribution in [0.1, 0.15) is 67.8 Å². The maximum Gasteiger partial charge on any atom is 0.253 e. The van der Waals surface area contributed by atoms with Gasteiger partial charge in [-0.1, -0.05) is 17.7 Å². The van der Waals surface area contributed by atoms with Crippen molar-refractivity contribution < 1.29 is 14.4 Å². The SMILES string of the molecule is C[C@@H]1CC2(CCN(c3ccc(C(=O)N4CCN(CC5CCN(c6cccc(N[C@@H]7CCC(=O)NC7=O)c6)CC5)CC4)cc3)CC2)CN1c1ccc(C#N)c(Cl)c1. The third-order valence-electron chi connectivity index (χ3n) is 13.1. The molecule has 2 N–H and O–H groups in total. The van der Waals surface area contributed by atoms with Crippen LogP contribution in [0.15, 0.2) is 66.7 Å². The molecule has 3 aromatic carbocycles. The number of imide groups is 1. The molecule has 5 aliphatic rings. The molecule has 1 spiro atoms.